The lowest BCUT2D eigenvalue weighted by molar-refractivity contribution is -0.144. The molecular formula is C12H15NO2. The van der Waals surface area contributed by atoms with E-state index in [4.69, 9.17) is 0 Å². The van der Waals surface area contributed by atoms with Crippen LogP contribution in [0.15, 0.2) is 11.1 Å². The first-order chi connectivity index (χ1) is 7.27. The van der Waals surface area contributed by atoms with Gasteiger partial charge in [0.25, 0.3) is 5.91 Å². The van der Waals surface area contributed by atoms with Crippen molar-refractivity contribution in [1.29, 1.82) is 0 Å². The highest BCUT2D eigenvalue weighted by Gasteiger charge is 2.42. The predicted octanol–water partition coefficient (Wildman–Crippen LogP) is 1.78. The maximum Gasteiger partial charge on any atom is 0.256 e. The Hall–Kier alpha value is -1.12. The van der Waals surface area contributed by atoms with Crippen molar-refractivity contribution in [2.24, 2.45) is 0 Å². The topological polar surface area (TPSA) is 37.4 Å². The molecule has 15 heavy (non-hydrogen) atoms. The van der Waals surface area contributed by atoms with Crippen molar-refractivity contribution in [3.63, 3.8) is 0 Å². The van der Waals surface area contributed by atoms with Gasteiger partial charge in [-0.25, -0.2) is 0 Å². The molecule has 2 aliphatic carbocycles. The molecule has 0 aromatic rings. The molecular weight excluding hydrogens is 190 g/mol. The number of hydrogen-bond acceptors (Lipinski definition) is 2. The summed E-state index contributed by atoms with van der Waals surface area (Å²) in [5.74, 6) is 0.0756. The number of carbonyl (C=O) groups excluding carboxylic acids is 2. The van der Waals surface area contributed by atoms with Gasteiger partial charge < -0.3 is 0 Å². The molecule has 0 aromatic heterocycles. The van der Waals surface area contributed by atoms with Crippen molar-refractivity contribution >= 4 is 11.8 Å². The second kappa shape index (κ2) is 3.19. The molecule has 0 atom stereocenters. The van der Waals surface area contributed by atoms with E-state index in [0.29, 0.717) is 6.42 Å². The van der Waals surface area contributed by atoms with Gasteiger partial charge in [-0.2, -0.15) is 0 Å². The summed E-state index contributed by atoms with van der Waals surface area (Å²) in [5.41, 5.74) is 2.10. The highest BCUT2D eigenvalue weighted by atomic mass is 16.2. The molecule has 0 bridgehead atoms. The Bertz CT molecular complexity index is 366. The molecule has 0 unspecified atom stereocenters. The fraction of sp³-hybridized carbons (Fsp3) is 0.667. The quantitative estimate of drug-likeness (QED) is 0.612. The van der Waals surface area contributed by atoms with Gasteiger partial charge in [-0.3, -0.25) is 14.5 Å². The van der Waals surface area contributed by atoms with E-state index in [0.717, 1.165) is 49.7 Å². The zero-order valence-electron chi connectivity index (χ0n) is 8.79. The summed E-state index contributed by atoms with van der Waals surface area (Å²) in [6.45, 7) is 0. The van der Waals surface area contributed by atoms with Crippen molar-refractivity contribution in [2.75, 3.05) is 0 Å². The Kier molecular flexibility index (Phi) is 1.94. The van der Waals surface area contributed by atoms with Gasteiger partial charge >= 0.3 is 0 Å². The van der Waals surface area contributed by atoms with E-state index in [-0.39, 0.29) is 17.9 Å². The molecule has 0 N–H and O–H groups in total. The van der Waals surface area contributed by atoms with Crippen molar-refractivity contribution in [1.82, 2.24) is 4.90 Å². The average Bonchev–Trinajstić information content (AvgIpc) is 3.02. The molecule has 3 rings (SSSR count). The van der Waals surface area contributed by atoms with Crippen molar-refractivity contribution in [2.45, 2.75) is 51.0 Å². The van der Waals surface area contributed by atoms with E-state index in [2.05, 4.69) is 0 Å². The number of imide groups is 1. The van der Waals surface area contributed by atoms with Crippen molar-refractivity contribution in [3.8, 4) is 0 Å². The minimum atomic E-state index is 0.0310. The lowest BCUT2D eigenvalue weighted by Gasteiger charge is -2.31. The van der Waals surface area contributed by atoms with Crippen LogP contribution in [0.1, 0.15) is 44.9 Å². The zero-order valence-corrected chi connectivity index (χ0v) is 8.79. The second-order valence-electron chi connectivity index (χ2n) is 4.77. The lowest BCUT2D eigenvalue weighted by Crippen LogP contribution is -2.43. The Morgan fingerprint density at radius 2 is 1.80 bits per heavy atom. The van der Waals surface area contributed by atoms with Gasteiger partial charge in [0.1, 0.15) is 0 Å². The summed E-state index contributed by atoms with van der Waals surface area (Å²) in [5, 5.41) is 0. The van der Waals surface area contributed by atoms with Crippen LogP contribution < -0.4 is 0 Å². The first-order valence-electron chi connectivity index (χ1n) is 5.84. The third-order valence-corrected chi connectivity index (χ3v) is 3.60. The third-order valence-electron chi connectivity index (χ3n) is 3.60. The molecule has 2 amide bonds. The standard InChI is InChI=1S/C12H15NO2/c14-11-7-8-3-1-2-4-10(8)12(15)13(11)9-5-6-9/h9H,1-7H2. The SMILES string of the molecule is O=C1CC2=C(CCCC2)C(=O)N1C1CC1. The number of carbonyl (C=O) groups is 2. The molecule has 0 radical (unpaired) electrons. The summed E-state index contributed by atoms with van der Waals surface area (Å²) in [4.78, 5) is 25.4. The Morgan fingerprint density at radius 3 is 2.53 bits per heavy atom. The van der Waals surface area contributed by atoms with Gasteiger partial charge in [0, 0.05) is 18.0 Å². The summed E-state index contributed by atoms with van der Waals surface area (Å²) >= 11 is 0. The van der Waals surface area contributed by atoms with Crippen LogP contribution in [0.25, 0.3) is 0 Å². The van der Waals surface area contributed by atoms with Gasteiger partial charge in [-0.15, -0.1) is 0 Å². The van der Waals surface area contributed by atoms with Crippen LogP contribution >= 0.6 is 0 Å². The van der Waals surface area contributed by atoms with E-state index in [1.54, 1.807) is 0 Å². The van der Waals surface area contributed by atoms with E-state index in [1.807, 2.05) is 0 Å². The van der Waals surface area contributed by atoms with Gasteiger partial charge in [0.15, 0.2) is 0 Å². The molecule has 0 spiro atoms. The largest absolute Gasteiger partial charge is 0.275 e. The lowest BCUT2D eigenvalue weighted by atomic mass is 9.86. The van der Waals surface area contributed by atoms with E-state index >= 15 is 0 Å². The minimum Gasteiger partial charge on any atom is -0.275 e. The van der Waals surface area contributed by atoms with Crippen molar-refractivity contribution in [3.05, 3.63) is 11.1 Å². The van der Waals surface area contributed by atoms with Gasteiger partial charge in [0.2, 0.25) is 5.91 Å². The Balaban J connectivity index is 1.94. The molecule has 0 saturated heterocycles. The van der Waals surface area contributed by atoms with E-state index in [1.165, 1.54) is 4.90 Å². The molecule has 1 fully saturated rings. The first kappa shape index (κ1) is 9.13. The molecule has 3 aliphatic rings. The molecule has 1 aliphatic heterocycles. The predicted molar refractivity (Wildman–Crippen MR) is 55.0 cm³/mol. The van der Waals surface area contributed by atoms with Gasteiger partial charge in [0.05, 0.1) is 0 Å². The summed E-state index contributed by atoms with van der Waals surface area (Å²) in [6.07, 6.45) is 6.65. The minimum absolute atomic E-state index is 0.0310. The van der Waals surface area contributed by atoms with Crippen LogP contribution in [-0.4, -0.2) is 22.8 Å². The van der Waals surface area contributed by atoms with Crippen LogP contribution in [0.3, 0.4) is 0 Å². The van der Waals surface area contributed by atoms with Gasteiger partial charge in [-0.05, 0) is 38.5 Å². The van der Waals surface area contributed by atoms with E-state index in [9.17, 15) is 9.59 Å². The summed E-state index contributed by atoms with van der Waals surface area (Å²) in [6, 6.07) is 0.237. The number of hydrogen-bond donors (Lipinski definition) is 0. The average molecular weight is 205 g/mol. The van der Waals surface area contributed by atoms with E-state index < -0.39 is 0 Å². The van der Waals surface area contributed by atoms with Crippen LogP contribution in [0.2, 0.25) is 0 Å². The number of rotatable bonds is 1. The summed E-state index contributed by atoms with van der Waals surface area (Å²) in [7, 11) is 0. The van der Waals surface area contributed by atoms with Crippen LogP contribution in [0.4, 0.5) is 0 Å². The number of nitrogens with zero attached hydrogens (tertiary/aromatic N) is 1. The molecule has 3 heteroatoms. The Labute approximate surface area is 89.1 Å². The maximum absolute atomic E-state index is 12.1. The first-order valence-corrected chi connectivity index (χ1v) is 5.84. The smallest absolute Gasteiger partial charge is 0.256 e. The highest BCUT2D eigenvalue weighted by Crippen LogP contribution is 2.37. The molecule has 1 heterocycles. The second-order valence-corrected chi connectivity index (χ2v) is 4.77. The third kappa shape index (κ3) is 1.41. The van der Waals surface area contributed by atoms with Crippen molar-refractivity contribution < 1.29 is 9.59 Å². The monoisotopic (exact) mass is 205 g/mol. The molecule has 3 nitrogen and oxygen atoms in total. The molecule has 80 valence electrons. The molecule has 0 aromatic carbocycles. The van der Waals surface area contributed by atoms with Gasteiger partial charge in [-0.1, -0.05) is 5.57 Å². The highest BCUT2D eigenvalue weighted by molar-refractivity contribution is 6.09. The van der Waals surface area contributed by atoms with Crippen LogP contribution in [-0.2, 0) is 9.59 Å². The van der Waals surface area contributed by atoms with Crippen LogP contribution in [0.5, 0.6) is 0 Å². The Morgan fingerprint density at radius 1 is 1.07 bits per heavy atom. The molecule has 1 saturated carbocycles. The maximum atomic E-state index is 12.1. The fourth-order valence-corrected chi connectivity index (χ4v) is 2.65. The fourth-order valence-electron chi connectivity index (χ4n) is 2.65. The van der Waals surface area contributed by atoms with Crippen LogP contribution in [0, 0.1) is 0 Å². The normalized spacial score (nSPS) is 27.1. The number of amides is 2. The summed E-state index contributed by atoms with van der Waals surface area (Å²) < 4.78 is 0. The zero-order chi connectivity index (χ0) is 10.4.